The number of nitrogens with zero attached hydrogens (tertiary/aromatic N) is 1. The first-order valence-electron chi connectivity index (χ1n) is 4.26. The molecular weight excluding hydrogens is 276 g/mol. The Bertz CT molecular complexity index is 484. The van der Waals surface area contributed by atoms with E-state index in [0.29, 0.717) is 5.13 Å². The fourth-order valence-electron chi connectivity index (χ4n) is 1.23. The van der Waals surface area contributed by atoms with Crippen molar-refractivity contribution in [2.45, 2.75) is 0 Å². The summed E-state index contributed by atoms with van der Waals surface area (Å²) >= 11 is 4.96. The van der Waals surface area contributed by atoms with Crippen LogP contribution >= 0.6 is 27.3 Å². The molecule has 0 radical (unpaired) electrons. The largest absolute Gasteiger partial charge is 0.497 e. The van der Waals surface area contributed by atoms with Gasteiger partial charge in [-0.15, -0.1) is 0 Å². The second-order valence-corrected chi connectivity index (χ2v) is 4.83. The van der Waals surface area contributed by atoms with Crippen molar-refractivity contribution in [1.29, 1.82) is 0 Å². The lowest BCUT2D eigenvalue weighted by Crippen LogP contribution is -1.83. The lowest BCUT2D eigenvalue weighted by Gasteiger charge is -2.04. The summed E-state index contributed by atoms with van der Waals surface area (Å²) in [7, 11) is 1.64. The maximum absolute atomic E-state index is 5.59. The second-order valence-electron chi connectivity index (χ2n) is 2.91. The van der Waals surface area contributed by atoms with Crippen molar-refractivity contribution in [3.63, 3.8) is 0 Å². The van der Waals surface area contributed by atoms with Gasteiger partial charge in [0.2, 0.25) is 0 Å². The van der Waals surface area contributed by atoms with Gasteiger partial charge in [0.1, 0.15) is 5.75 Å². The molecule has 0 fully saturated rings. The summed E-state index contributed by atoms with van der Waals surface area (Å²) in [6.07, 6.45) is 1.77. The first-order valence-corrected chi connectivity index (χ1v) is 5.87. The zero-order valence-corrected chi connectivity index (χ0v) is 10.4. The summed E-state index contributed by atoms with van der Waals surface area (Å²) in [5, 5.41) is 0.577. The minimum Gasteiger partial charge on any atom is -0.497 e. The fraction of sp³-hybridized carbons (Fsp3) is 0.100. The van der Waals surface area contributed by atoms with E-state index in [9.17, 15) is 0 Å². The highest BCUT2D eigenvalue weighted by Crippen LogP contribution is 2.35. The minimum atomic E-state index is 0.577. The van der Waals surface area contributed by atoms with E-state index < -0.39 is 0 Å². The maximum Gasteiger partial charge on any atom is 0.180 e. The molecule has 0 saturated heterocycles. The van der Waals surface area contributed by atoms with Crippen LogP contribution in [-0.4, -0.2) is 12.1 Å². The lowest BCUT2D eigenvalue weighted by molar-refractivity contribution is 0.414. The number of methoxy groups -OCH3 is 1. The van der Waals surface area contributed by atoms with Crippen LogP contribution in [-0.2, 0) is 0 Å². The van der Waals surface area contributed by atoms with Gasteiger partial charge in [0.05, 0.1) is 12.0 Å². The number of thiazole rings is 1. The predicted molar refractivity (Wildman–Crippen MR) is 66.2 cm³/mol. The zero-order chi connectivity index (χ0) is 10.8. The third kappa shape index (κ3) is 2.13. The maximum atomic E-state index is 5.59. The fourth-order valence-corrected chi connectivity index (χ4v) is 2.66. The minimum absolute atomic E-state index is 0.577. The molecule has 0 unspecified atom stereocenters. The van der Waals surface area contributed by atoms with Gasteiger partial charge in [0, 0.05) is 16.2 Å². The van der Waals surface area contributed by atoms with Crippen LogP contribution in [0.2, 0.25) is 0 Å². The van der Waals surface area contributed by atoms with E-state index in [2.05, 4.69) is 20.9 Å². The van der Waals surface area contributed by atoms with E-state index in [4.69, 9.17) is 10.5 Å². The normalized spacial score (nSPS) is 10.3. The molecule has 1 aromatic heterocycles. The number of rotatable bonds is 2. The molecule has 0 bridgehead atoms. The topological polar surface area (TPSA) is 48.1 Å². The number of nitrogen functional groups attached to an aromatic ring is 1. The summed E-state index contributed by atoms with van der Waals surface area (Å²) in [6.45, 7) is 0. The van der Waals surface area contributed by atoms with Gasteiger partial charge < -0.3 is 10.5 Å². The number of halogens is 1. The molecule has 2 N–H and O–H groups in total. The smallest absolute Gasteiger partial charge is 0.180 e. The Morgan fingerprint density at radius 2 is 2.27 bits per heavy atom. The third-order valence-electron chi connectivity index (χ3n) is 1.97. The zero-order valence-electron chi connectivity index (χ0n) is 8.03. The lowest BCUT2D eigenvalue weighted by atomic mass is 10.2. The predicted octanol–water partition coefficient (Wildman–Crippen LogP) is 3.16. The Morgan fingerprint density at radius 1 is 1.47 bits per heavy atom. The average Bonchev–Trinajstić information content (AvgIpc) is 2.64. The van der Waals surface area contributed by atoms with Crippen molar-refractivity contribution in [3.05, 3.63) is 28.9 Å². The average molecular weight is 285 g/mol. The van der Waals surface area contributed by atoms with Crippen LogP contribution in [0, 0.1) is 0 Å². The Morgan fingerprint density at radius 3 is 2.80 bits per heavy atom. The van der Waals surface area contributed by atoms with Crippen molar-refractivity contribution in [2.75, 3.05) is 12.8 Å². The van der Waals surface area contributed by atoms with Gasteiger partial charge in [0.25, 0.3) is 0 Å². The number of nitrogens with two attached hydrogens (primary N) is 1. The summed E-state index contributed by atoms with van der Waals surface area (Å²) in [5.41, 5.74) is 6.66. The highest BCUT2D eigenvalue weighted by atomic mass is 79.9. The van der Waals surface area contributed by atoms with Crippen molar-refractivity contribution < 1.29 is 4.74 Å². The molecule has 3 nitrogen and oxygen atoms in total. The Hall–Kier alpha value is -1.07. The van der Waals surface area contributed by atoms with Crippen LogP contribution in [0.25, 0.3) is 10.4 Å². The van der Waals surface area contributed by atoms with Crippen molar-refractivity contribution in [2.24, 2.45) is 0 Å². The monoisotopic (exact) mass is 284 g/mol. The van der Waals surface area contributed by atoms with Crippen LogP contribution in [0.1, 0.15) is 0 Å². The van der Waals surface area contributed by atoms with Crippen LogP contribution < -0.4 is 10.5 Å². The van der Waals surface area contributed by atoms with Gasteiger partial charge in [0.15, 0.2) is 5.13 Å². The SMILES string of the molecule is COc1ccc(-c2cnc(N)s2)c(Br)c1. The van der Waals surface area contributed by atoms with Crippen LogP contribution in [0.4, 0.5) is 5.13 Å². The van der Waals surface area contributed by atoms with Crippen molar-refractivity contribution in [1.82, 2.24) is 4.98 Å². The molecule has 1 heterocycles. The van der Waals surface area contributed by atoms with E-state index in [-0.39, 0.29) is 0 Å². The summed E-state index contributed by atoms with van der Waals surface area (Å²) < 4.78 is 6.10. The van der Waals surface area contributed by atoms with E-state index in [1.807, 2.05) is 18.2 Å². The molecule has 1 aromatic carbocycles. The van der Waals surface area contributed by atoms with Gasteiger partial charge in [-0.25, -0.2) is 4.98 Å². The van der Waals surface area contributed by atoms with Gasteiger partial charge >= 0.3 is 0 Å². The van der Waals surface area contributed by atoms with Crippen molar-refractivity contribution in [3.8, 4) is 16.2 Å². The van der Waals surface area contributed by atoms with Gasteiger partial charge in [-0.05, 0) is 34.1 Å². The highest BCUT2D eigenvalue weighted by Gasteiger charge is 2.07. The number of aromatic nitrogens is 1. The van der Waals surface area contributed by atoms with E-state index >= 15 is 0 Å². The molecule has 0 atom stereocenters. The molecule has 0 aliphatic heterocycles. The van der Waals surface area contributed by atoms with Gasteiger partial charge in [-0.3, -0.25) is 0 Å². The van der Waals surface area contributed by atoms with Gasteiger partial charge in [-0.2, -0.15) is 0 Å². The molecule has 0 saturated carbocycles. The first-order chi connectivity index (χ1) is 7.20. The number of anilines is 1. The summed E-state index contributed by atoms with van der Waals surface area (Å²) in [4.78, 5) is 5.06. The molecule has 2 aromatic rings. The Labute approximate surface area is 100 Å². The summed E-state index contributed by atoms with van der Waals surface area (Å²) in [5.74, 6) is 0.822. The third-order valence-corrected chi connectivity index (χ3v) is 3.48. The molecule has 15 heavy (non-hydrogen) atoms. The van der Waals surface area contributed by atoms with Crippen LogP contribution in [0.5, 0.6) is 5.75 Å². The second kappa shape index (κ2) is 4.20. The molecule has 0 aliphatic carbocycles. The molecule has 2 rings (SSSR count). The number of hydrogen-bond donors (Lipinski definition) is 1. The van der Waals surface area contributed by atoms with Crippen LogP contribution in [0.15, 0.2) is 28.9 Å². The molecule has 0 amide bonds. The molecule has 0 spiro atoms. The molecular formula is C10H9BrN2OS. The highest BCUT2D eigenvalue weighted by molar-refractivity contribution is 9.10. The molecule has 0 aliphatic rings. The van der Waals surface area contributed by atoms with E-state index in [0.717, 1.165) is 20.7 Å². The molecule has 5 heteroatoms. The van der Waals surface area contributed by atoms with Crippen molar-refractivity contribution >= 4 is 32.4 Å². The standard InChI is InChI=1S/C10H9BrN2OS/c1-14-6-2-3-7(8(11)4-6)9-5-13-10(12)15-9/h2-5H,1H3,(H2,12,13). The number of benzene rings is 1. The quantitative estimate of drug-likeness (QED) is 0.922. The number of ether oxygens (including phenoxy) is 1. The molecule has 78 valence electrons. The van der Waals surface area contributed by atoms with Crippen LogP contribution in [0.3, 0.4) is 0 Å². The Kier molecular flexibility index (Phi) is 2.93. The van der Waals surface area contributed by atoms with E-state index in [1.165, 1.54) is 11.3 Å². The first kappa shape index (κ1) is 10.4. The number of hydrogen-bond acceptors (Lipinski definition) is 4. The Balaban J connectivity index is 2.45. The van der Waals surface area contributed by atoms with E-state index in [1.54, 1.807) is 13.3 Å². The summed E-state index contributed by atoms with van der Waals surface area (Å²) in [6, 6.07) is 5.82. The van der Waals surface area contributed by atoms with Gasteiger partial charge in [-0.1, -0.05) is 11.3 Å².